The van der Waals surface area contributed by atoms with Crippen LogP contribution in [-0.4, -0.2) is 33.8 Å². The molecular formula is C23H18N2O6S. The summed E-state index contributed by atoms with van der Waals surface area (Å²) in [5.41, 5.74) is 0.721. The lowest BCUT2D eigenvalue weighted by atomic mass is 9.81. The molecule has 32 heavy (non-hydrogen) atoms. The number of aliphatic hydroxyl groups excluding tert-OH is 2. The molecule has 1 heterocycles. The molecule has 0 fully saturated rings. The van der Waals surface area contributed by atoms with Gasteiger partial charge in [-0.15, -0.1) is 0 Å². The third-order valence-corrected chi connectivity index (χ3v) is 7.03. The summed E-state index contributed by atoms with van der Waals surface area (Å²) in [5, 5.41) is 43.3. The van der Waals surface area contributed by atoms with Crippen molar-refractivity contribution in [2.75, 3.05) is 4.72 Å². The van der Waals surface area contributed by atoms with Gasteiger partial charge in [-0.05, 0) is 34.9 Å². The lowest BCUT2D eigenvalue weighted by Crippen LogP contribution is -2.19. The first-order valence-electron chi connectivity index (χ1n) is 9.70. The average Bonchev–Trinajstić information content (AvgIpc) is 2.80. The summed E-state index contributed by atoms with van der Waals surface area (Å²) in [5.74, 6) is -1.47. The van der Waals surface area contributed by atoms with Crippen LogP contribution in [0.5, 0.6) is 11.5 Å². The number of pyridine rings is 1. The van der Waals surface area contributed by atoms with Gasteiger partial charge in [0.05, 0.1) is 11.2 Å². The average molecular weight is 450 g/mol. The zero-order valence-electron chi connectivity index (χ0n) is 16.5. The highest BCUT2D eigenvalue weighted by molar-refractivity contribution is 7.93. The lowest BCUT2D eigenvalue weighted by Gasteiger charge is -2.30. The molecule has 1 aromatic heterocycles. The summed E-state index contributed by atoms with van der Waals surface area (Å²) in [4.78, 5) is 4.03. The summed E-state index contributed by atoms with van der Waals surface area (Å²) in [6, 6.07) is 15.9. The molecule has 0 bridgehead atoms. The maximum atomic E-state index is 13.1. The van der Waals surface area contributed by atoms with E-state index >= 15 is 0 Å². The third kappa shape index (κ3) is 2.98. The van der Waals surface area contributed by atoms with Crippen LogP contribution < -0.4 is 4.72 Å². The number of phenolic OH excluding ortho intramolecular Hbond substituents is 2. The molecule has 0 radical (unpaired) electrons. The number of nitrogens with zero attached hydrogens (tertiary/aromatic N) is 1. The van der Waals surface area contributed by atoms with E-state index in [0.29, 0.717) is 16.5 Å². The lowest BCUT2D eigenvalue weighted by molar-refractivity contribution is 0.169. The molecule has 5 N–H and O–H groups in total. The molecule has 2 atom stereocenters. The van der Waals surface area contributed by atoms with E-state index in [1.54, 1.807) is 48.5 Å². The first kappa shape index (κ1) is 20.3. The van der Waals surface area contributed by atoms with Crippen molar-refractivity contribution in [1.82, 2.24) is 4.98 Å². The minimum atomic E-state index is -4.22. The molecule has 5 rings (SSSR count). The van der Waals surface area contributed by atoms with E-state index in [0.717, 1.165) is 0 Å². The SMILES string of the molecule is O=S(=O)(Nc1cc2c(c(O)c1O)C(O)c1ccccc1C2O)c1cccc2cccnc12. The number of sulfonamides is 1. The molecule has 4 aromatic rings. The van der Waals surface area contributed by atoms with Crippen molar-refractivity contribution >= 4 is 26.6 Å². The van der Waals surface area contributed by atoms with Crippen molar-refractivity contribution in [3.8, 4) is 11.5 Å². The van der Waals surface area contributed by atoms with E-state index in [4.69, 9.17) is 0 Å². The summed E-state index contributed by atoms with van der Waals surface area (Å²) in [6.07, 6.45) is -1.07. The summed E-state index contributed by atoms with van der Waals surface area (Å²) < 4.78 is 28.5. The van der Waals surface area contributed by atoms with Gasteiger partial charge in [0.15, 0.2) is 11.5 Å². The quantitative estimate of drug-likeness (QED) is 0.302. The number of fused-ring (bicyclic) bond motifs is 3. The summed E-state index contributed by atoms with van der Waals surface area (Å²) in [7, 11) is -4.22. The summed E-state index contributed by atoms with van der Waals surface area (Å²) in [6.45, 7) is 0. The number of anilines is 1. The fourth-order valence-electron chi connectivity index (χ4n) is 4.11. The Bertz CT molecular complexity index is 1480. The molecule has 0 saturated heterocycles. The molecule has 9 heteroatoms. The number of rotatable bonds is 3. The third-order valence-electron chi connectivity index (χ3n) is 5.63. The Morgan fingerprint density at radius 3 is 2.25 bits per heavy atom. The molecule has 1 aliphatic carbocycles. The van der Waals surface area contributed by atoms with Crippen LogP contribution in [-0.2, 0) is 10.0 Å². The van der Waals surface area contributed by atoms with Gasteiger partial charge >= 0.3 is 0 Å². The molecule has 1 aliphatic rings. The number of benzene rings is 3. The second-order valence-corrected chi connectivity index (χ2v) is 9.15. The van der Waals surface area contributed by atoms with Crippen molar-refractivity contribution in [3.05, 3.63) is 89.1 Å². The number of aliphatic hydroxyl groups is 2. The highest BCUT2D eigenvalue weighted by atomic mass is 32.2. The van der Waals surface area contributed by atoms with Gasteiger partial charge in [-0.3, -0.25) is 9.71 Å². The van der Waals surface area contributed by atoms with Crippen molar-refractivity contribution in [2.24, 2.45) is 0 Å². The predicted molar refractivity (Wildman–Crippen MR) is 117 cm³/mol. The second-order valence-electron chi connectivity index (χ2n) is 7.50. The van der Waals surface area contributed by atoms with E-state index in [1.807, 2.05) is 0 Å². The van der Waals surface area contributed by atoms with E-state index < -0.39 is 33.7 Å². The Hall–Kier alpha value is -3.66. The highest BCUT2D eigenvalue weighted by Gasteiger charge is 2.35. The number of aromatic nitrogens is 1. The first-order chi connectivity index (χ1) is 15.3. The smallest absolute Gasteiger partial charge is 0.264 e. The largest absolute Gasteiger partial charge is 0.504 e. The van der Waals surface area contributed by atoms with E-state index in [9.17, 15) is 28.8 Å². The summed E-state index contributed by atoms with van der Waals surface area (Å²) >= 11 is 0. The number of aromatic hydroxyl groups is 2. The van der Waals surface area contributed by atoms with Gasteiger partial charge in [-0.2, -0.15) is 0 Å². The van der Waals surface area contributed by atoms with Gasteiger partial charge in [0.2, 0.25) is 0 Å². The van der Waals surface area contributed by atoms with Crippen LogP contribution in [0.1, 0.15) is 34.5 Å². The molecule has 0 saturated carbocycles. The van der Waals surface area contributed by atoms with Crippen LogP contribution in [0.25, 0.3) is 10.9 Å². The van der Waals surface area contributed by atoms with E-state index in [-0.39, 0.29) is 27.2 Å². The van der Waals surface area contributed by atoms with Gasteiger partial charge in [0.1, 0.15) is 17.1 Å². The van der Waals surface area contributed by atoms with Crippen molar-refractivity contribution in [1.29, 1.82) is 0 Å². The molecule has 0 aliphatic heterocycles. The number of phenols is 2. The molecular weight excluding hydrogens is 432 g/mol. The Labute approximate surface area is 183 Å². The number of hydrogen-bond acceptors (Lipinski definition) is 7. The maximum Gasteiger partial charge on any atom is 0.264 e. The highest BCUT2D eigenvalue weighted by Crippen LogP contribution is 2.50. The van der Waals surface area contributed by atoms with Crippen LogP contribution in [0, 0.1) is 0 Å². The van der Waals surface area contributed by atoms with Crippen LogP contribution in [0.3, 0.4) is 0 Å². The van der Waals surface area contributed by atoms with Gasteiger partial charge in [-0.1, -0.05) is 42.5 Å². The second kappa shape index (κ2) is 7.20. The molecule has 2 unspecified atom stereocenters. The molecule has 3 aromatic carbocycles. The van der Waals surface area contributed by atoms with Crippen LogP contribution >= 0.6 is 0 Å². The maximum absolute atomic E-state index is 13.1. The number of nitrogens with one attached hydrogen (secondary N) is 1. The predicted octanol–water partition coefficient (Wildman–Crippen LogP) is 2.92. The molecule has 0 amide bonds. The van der Waals surface area contributed by atoms with Crippen molar-refractivity contribution in [2.45, 2.75) is 17.1 Å². The minimum absolute atomic E-state index is 0.0801. The Morgan fingerprint density at radius 2 is 1.50 bits per heavy atom. The minimum Gasteiger partial charge on any atom is -0.504 e. The van der Waals surface area contributed by atoms with E-state index in [1.165, 1.54) is 18.3 Å². The van der Waals surface area contributed by atoms with E-state index in [2.05, 4.69) is 9.71 Å². The molecule has 162 valence electrons. The van der Waals surface area contributed by atoms with Gasteiger partial charge in [0, 0.05) is 17.1 Å². The van der Waals surface area contributed by atoms with Crippen LogP contribution in [0.4, 0.5) is 5.69 Å². The molecule has 8 nitrogen and oxygen atoms in total. The van der Waals surface area contributed by atoms with Crippen molar-refractivity contribution in [3.63, 3.8) is 0 Å². The monoisotopic (exact) mass is 450 g/mol. The standard InChI is InChI=1S/C23H18N2O6S/c26-20-13-7-1-2-8-14(13)21(27)18-15(20)11-16(22(28)23(18)29)25-32(30,31)17-9-3-5-12-6-4-10-24-19(12)17/h1-11,20-21,25-29H. The van der Waals surface area contributed by atoms with Crippen LogP contribution in [0.2, 0.25) is 0 Å². The normalized spacial score (nSPS) is 17.6. The fourth-order valence-corrected chi connectivity index (χ4v) is 5.35. The Morgan fingerprint density at radius 1 is 0.812 bits per heavy atom. The topological polar surface area (TPSA) is 140 Å². The number of para-hydroxylation sites is 1. The van der Waals surface area contributed by atoms with Crippen molar-refractivity contribution < 1.29 is 28.8 Å². The van der Waals surface area contributed by atoms with Crippen LogP contribution in [0.15, 0.2) is 71.8 Å². The molecule has 0 spiro atoms. The van der Waals surface area contributed by atoms with Gasteiger partial charge in [-0.25, -0.2) is 8.42 Å². The number of hydrogen-bond donors (Lipinski definition) is 5. The zero-order chi connectivity index (χ0) is 22.6. The zero-order valence-corrected chi connectivity index (χ0v) is 17.3. The van der Waals surface area contributed by atoms with Gasteiger partial charge < -0.3 is 20.4 Å². The fraction of sp³-hybridized carbons (Fsp3) is 0.0870. The van der Waals surface area contributed by atoms with Gasteiger partial charge in [0.25, 0.3) is 10.0 Å². The first-order valence-corrected chi connectivity index (χ1v) is 11.2. The Balaban J connectivity index is 1.63. The Kier molecular flexibility index (Phi) is 4.55.